The van der Waals surface area contributed by atoms with Gasteiger partial charge in [0.2, 0.25) is 0 Å². The summed E-state index contributed by atoms with van der Waals surface area (Å²) < 4.78 is 13.3. The zero-order valence-corrected chi connectivity index (χ0v) is 12.2. The summed E-state index contributed by atoms with van der Waals surface area (Å²) in [4.78, 5) is 8.07. The Hall–Kier alpha value is -1.38. The van der Waals surface area contributed by atoms with Crippen LogP contribution in [0.2, 0.25) is 0 Å². The van der Waals surface area contributed by atoms with Crippen LogP contribution < -0.4 is 0 Å². The Bertz CT molecular complexity index is 667. The van der Waals surface area contributed by atoms with E-state index in [4.69, 9.17) is 4.98 Å². The molecule has 4 aliphatic carbocycles. The molecular formula is C18H21FN2. The highest BCUT2D eigenvalue weighted by Crippen LogP contribution is 2.60. The molecule has 2 aromatic rings. The minimum absolute atomic E-state index is 0.187. The lowest BCUT2D eigenvalue weighted by atomic mass is 9.49. The Kier molecular flexibility index (Phi) is 2.37. The maximum atomic E-state index is 13.3. The first-order valence-electron chi connectivity index (χ1n) is 8.32. The van der Waals surface area contributed by atoms with Gasteiger partial charge in [0, 0.05) is 6.42 Å². The van der Waals surface area contributed by atoms with Crippen molar-refractivity contribution in [1.82, 2.24) is 9.97 Å². The van der Waals surface area contributed by atoms with E-state index in [1.165, 1.54) is 44.6 Å². The van der Waals surface area contributed by atoms with Crippen molar-refractivity contribution in [2.45, 2.75) is 44.9 Å². The first-order chi connectivity index (χ1) is 10.2. The van der Waals surface area contributed by atoms with Crippen LogP contribution in [0.15, 0.2) is 18.2 Å². The number of H-pyrrole nitrogens is 1. The summed E-state index contributed by atoms with van der Waals surface area (Å²) in [5.41, 5.74) is 2.23. The van der Waals surface area contributed by atoms with Crippen LogP contribution in [0.25, 0.3) is 11.0 Å². The van der Waals surface area contributed by atoms with Crippen LogP contribution in [0.1, 0.15) is 44.3 Å². The Balaban J connectivity index is 1.48. The highest BCUT2D eigenvalue weighted by molar-refractivity contribution is 5.74. The molecule has 4 saturated carbocycles. The first-order valence-corrected chi connectivity index (χ1v) is 8.32. The molecule has 4 bridgehead atoms. The molecule has 21 heavy (non-hydrogen) atoms. The van der Waals surface area contributed by atoms with E-state index in [-0.39, 0.29) is 5.82 Å². The predicted molar refractivity (Wildman–Crippen MR) is 80.4 cm³/mol. The number of hydrogen-bond acceptors (Lipinski definition) is 1. The standard InChI is InChI=1S/C18H21FN2/c19-14-1-2-15-16(6-14)21-17(20-15)10-18-7-11-3-12(8-18)5-13(4-11)9-18/h1-2,6,11-13H,3-5,7-10H2,(H,20,21). The quantitative estimate of drug-likeness (QED) is 0.866. The maximum absolute atomic E-state index is 13.3. The van der Waals surface area contributed by atoms with E-state index in [9.17, 15) is 4.39 Å². The Morgan fingerprint density at radius 3 is 2.43 bits per heavy atom. The maximum Gasteiger partial charge on any atom is 0.125 e. The Morgan fingerprint density at radius 1 is 1.10 bits per heavy atom. The molecule has 2 nitrogen and oxygen atoms in total. The molecule has 4 fully saturated rings. The van der Waals surface area contributed by atoms with Gasteiger partial charge in [0.25, 0.3) is 0 Å². The number of rotatable bonds is 2. The van der Waals surface area contributed by atoms with E-state index in [1.54, 1.807) is 12.1 Å². The fourth-order valence-corrected chi connectivity index (χ4v) is 5.98. The third-order valence-corrected chi connectivity index (χ3v) is 6.20. The Morgan fingerprint density at radius 2 is 1.76 bits per heavy atom. The van der Waals surface area contributed by atoms with Gasteiger partial charge in [-0.2, -0.15) is 0 Å². The SMILES string of the molecule is Fc1ccc2nc(CC34CC5CC(CC(C5)C3)C4)[nH]c2c1. The average Bonchev–Trinajstić information content (AvgIpc) is 2.77. The van der Waals surface area contributed by atoms with Crippen molar-refractivity contribution >= 4 is 11.0 Å². The molecule has 1 aromatic heterocycles. The van der Waals surface area contributed by atoms with Crippen LogP contribution >= 0.6 is 0 Å². The number of fused-ring (bicyclic) bond motifs is 1. The highest BCUT2D eigenvalue weighted by atomic mass is 19.1. The summed E-state index contributed by atoms with van der Waals surface area (Å²) in [6, 6.07) is 4.84. The molecule has 0 spiro atoms. The van der Waals surface area contributed by atoms with E-state index in [0.717, 1.165) is 41.0 Å². The largest absolute Gasteiger partial charge is 0.342 e. The number of aromatic nitrogens is 2. The van der Waals surface area contributed by atoms with Gasteiger partial charge in [-0.1, -0.05) is 0 Å². The van der Waals surface area contributed by atoms with Crippen molar-refractivity contribution in [1.29, 1.82) is 0 Å². The van der Waals surface area contributed by atoms with Crippen molar-refractivity contribution in [3.63, 3.8) is 0 Å². The first kappa shape index (κ1) is 12.2. The van der Waals surface area contributed by atoms with Crippen LogP contribution in [0, 0.1) is 29.0 Å². The number of nitrogens with one attached hydrogen (secondary N) is 1. The molecule has 3 heteroatoms. The second-order valence-corrected chi connectivity index (χ2v) is 7.94. The van der Waals surface area contributed by atoms with Crippen molar-refractivity contribution in [2.75, 3.05) is 0 Å². The van der Waals surface area contributed by atoms with Crippen LogP contribution in [0.4, 0.5) is 4.39 Å². The van der Waals surface area contributed by atoms with Crippen molar-refractivity contribution in [3.05, 3.63) is 29.8 Å². The van der Waals surface area contributed by atoms with Gasteiger partial charge in [-0.3, -0.25) is 0 Å². The van der Waals surface area contributed by atoms with E-state index >= 15 is 0 Å². The summed E-state index contributed by atoms with van der Waals surface area (Å²) in [5.74, 6) is 3.79. The summed E-state index contributed by atoms with van der Waals surface area (Å²) in [7, 11) is 0. The third kappa shape index (κ3) is 1.93. The minimum Gasteiger partial charge on any atom is -0.342 e. The summed E-state index contributed by atoms with van der Waals surface area (Å²) >= 11 is 0. The number of halogens is 1. The van der Waals surface area contributed by atoms with Gasteiger partial charge in [0.1, 0.15) is 11.6 Å². The average molecular weight is 284 g/mol. The summed E-state index contributed by atoms with van der Waals surface area (Å²) in [5, 5.41) is 0. The second-order valence-electron chi connectivity index (χ2n) is 7.94. The van der Waals surface area contributed by atoms with Gasteiger partial charge in [-0.15, -0.1) is 0 Å². The van der Waals surface area contributed by atoms with Gasteiger partial charge in [0.05, 0.1) is 11.0 Å². The molecule has 0 amide bonds. The van der Waals surface area contributed by atoms with Gasteiger partial charge < -0.3 is 4.98 Å². The number of nitrogens with zero attached hydrogens (tertiary/aromatic N) is 1. The lowest BCUT2D eigenvalue weighted by molar-refractivity contribution is -0.0530. The van der Waals surface area contributed by atoms with E-state index in [2.05, 4.69) is 4.98 Å². The van der Waals surface area contributed by atoms with Crippen LogP contribution in [-0.2, 0) is 6.42 Å². The van der Waals surface area contributed by atoms with E-state index in [1.807, 2.05) is 0 Å². The molecule has 110 valence electrons. The third-order valence-electron chi connectivity index (χ3n) is 6.20. The van der Waals surface area contributed by atoms with Gasteiger partial charge in [-0.25, -0.2) is 9.37 Å². The lowest BCUT2D eigenvalue weighted by Gasteiger charge is -2.56. The zero-order valence-electron chi connectivity index (χ0n) is 12.2. The van der Waals surface area contributed by atoms with Crippen LogP contribution in [-0.4, -0.2) is 9.97 Å². The molecule has 0 atom stereocenters. The monoisotopic (exact) mass is 284 g/mol. The van der Waals surface area contributed by atoms with E-state index in [0.29, 0.717) is 5.41 Å². The van der Waals surface area contributed by atoms with Crippen molar-refractivity contribution in [2.24, 2.45) is 23.2 Å². The summed E-state index contributed by atoms with van der Waals surface area (Å²) in [6.45, 7) is 0. The zero-order chi connectivity index (χ0) is 14.0. The van der Waals surface area contributed by atoms with Crippen LogP contribution in [0.3, 0.4) is 0 Å². The molecule has 0 unspecified atom stereocenters. The topological polar surface area (TPSA) is 28.7 Å². The predicted octanol–water partition coefficient (Wildman–Crippen LogP) is 4.46. The number of aromatic amines is 1. The molecule has 0 aliphatic heterocycles. The van der Waals surface area contributed by atoms with Gasteiger partial charge >= 0.3 is 0 Å². The van der Waals surface area contributed by atoms with Gasteiger partial charge in [0.15, 0.2) is 0 Å². The molecular weight excluding hydrogens is 263 g/mol. The molecule has 6 rings (SSSR count). The van der Waals surface area contributed by atoms with Gasteiger partial charge in [-0.05, 0) is 79.9 Å². The number of imidazole rings is 1. The normalized spacial score (nSPS) is 37.5. The van der Waals surface area contributed by atoms with Crippen molar-refractivity contribution in [3.8, 4) is 0 Å². The molecule has 1 N–H and O–H groups in total. The highest BCUT2D eigenvalue weighted by Gasteiger charge is 2.50. The second kappa shape index (κ2) is 4.08. The minimum atomic E-state index is -0.187. The fraction of sp³-hybridized carbons (Fsp3) is 0.611. The molecule has 4 aliphatic rings. The number of hydrogen-bond donors (Lipinski definition) is 1. The number of benzene rings is 1. The van der Waals surface area contributed by atoms with Crippen molar-refractivity contribution < 1.29 is 4.39 Å². The molecule has 0 radical (unpaired) electrons. The lowest BCUT2D eigenvalue weighted by Crippen LogP contribution is -2.47. The van der Waals surface area contributed by atoms with E-state index < -0.39 is 0 Å². The molecule has 1 aromatic carbocycles. The molecule has 1 heterocycles. The fourth-order valence-electron chi connectivity index (χ4n) is 5.98. The molecule has 0 saturated heterocycles. The van der Waals surface area contributed by atoms with Crippen LogP contribution in [0.5, 0.6) is 0 Å². The smallest absolute Gasteiger partial charge is 0.125 e. The summed E-state index contributed by atoms with van der Waals surface area (Å²) in [6.07, 6.45) is 9.67. The Labute approximate surface area is 124 Å².